The predicted octanol–water partition coefficient (Wildman–Crippen LogP) is 4.43. The SMILES string of the molecule is CC.CC.CC.CCCCNCCCNCCNCCC. The van der Waals surface area contributed by atoms with E-state index in [0.29, 0.717) is 0 Å². The normalized spacial score (nSPS) is 8.57. The first-order valence-corrected chi connectivity index (χ1v) is 9.54. The molecule has 3 N–H and O–H groups in total. The van der Waals surface area contributed by atoms with Gasteiger partial charge >= 0.3 is 0 Å². The first-order chi connectivity index (χ1) is 10.4. The first kappa shape index (κ1) is 29.0. The molecule has 0 aromatic heterocycles. The summed E-state index contributed by atoms with van der Waals surface area (Å²) in [4.78, 5) is 0. The Balaban J connectivity index is -0.000000212. The molecule has 0 aliphatic rings. The highest BCUT2D eigenvalue weighted by molar-refractivity contribution is 4.54. The molecule has 0 aromatic rings. The first-order valence-electron chi connectivity index (χ1n) is 9.54. The number of rotatable bonds is 12. The number of nitrogens with one attached hydrogen (secondary N) is 3. The molecule has 0 aromatic carbocycles. The molecule has 0 saturated heterocycles. The molecule has 0 heterocycles. The molecule has 21 heavy (non-hydrogen) atoms. The molecule has 0 amide bonds. The summed E-state index contributed by atoms with van der Waals surface area (Å²) in [5.74, 6) is 0. The third-order valence-corrected chi connectivity index (χ3v) is 2.32. The van der Waals surface area contributed by atoms with Gasteiger partial charge in [-0.1, -0.05) is 61.8 Å². The van der Waals surface area contributed by atoms with E-state index in [1.54, 1.807) is 0 Å². The van der Waals surface area contributed by atoms with Crippen molar-refractivity contribution in [3.05, 3.63) is 0 Å². The van der Waals surface area contributed by atoms with Crippen LogP contribution in [0.2, 0.25) is 0 Å². The van der Waals surface area contributed by atoms with Gasteiger partial charge in [0.05, 0.1) is 0 Å². The van der Waals surface area contributed by atoms with Gasteiger partial charge in [0.1, 0.15) is 0 Å². The third-order valence-electron chi connectivity index (χ3n) is 2.32. The minimum absolute atomic E-state index is 1.09. The van der Waals surface area contributed by atoms with Crippen LogP contribution in [0.25, 0.3) is 0 Å². The van der Waals surface area contributed by atoms with Gasteiger partial charge in [-0.2, -0.15) is 0 Å². The summed E-state index contributed by atoms with van der Waals surface area (Å²) < 4.78 is 0. The Morgan fingerprint density at radius 2 is 0.810 bits per heavy atom. The average Bonchev–Trinajstić information content (AvgIpc) is 2.58. The predicted molar refractivity (Wildman–Crippen MR) is 102 cm³/mol. The van der Waals surface area contributed by atoms with Crippen molar-refractivity contribution in [2.24, 2.45) is 0 Å². The van der Waals surface area contributed by atoms with Crippen LogP contribution in [0.15, 0.2) is 0 Å². The summed E-state index contributed by atoms with van der Waals surface area (Å²) in [5, 5.41) is 10.3. The lowest BCUT2D eigenvalue weighted by Gasteiger charge is -2.06. The molecule has 0 unspecified atom stereocenters. The molecule has 0 aliphatic carbocycles. The molecule has 3 nitrogen and oxygen atoms in total. The highest BCUT2D eigenvalue weighted by atomic mass is 14.9. The van der Waals surface area contributed by atoms with Gasteiger partial charge in [0.2, 0.25) is 0 Å². The van der Waals surface area contributed by atoms with Crippen LogP contribution in [-0.2, 0) is 0 Å². The molecule has 0 atom stereocenters. The van der Waals surface area contributed by atoms with E-state index >= 15 is 0 Å². The fraction of sp³-hybridized carbons (Fsp3) is 1.00. The number of hydrogen-bond acceptors (Lipinski definition) is 3. The molecule has 0 saturated carbocycles. The zero-order valence-electron chi connectivity index (χ0n) is 16.6. The third kappa shape index (κ3) is 45.0. The van der Waals surface area contributed by atoms with Crippen molar-refractivity contribution >= 4 is 0 Å². The zero-order chi connectivity index (χ0) is 17.2. The van der Waals surface area contributed by atoms with E-state index in [4.69, 9.17) is 0 Å². The number of unbranched alkanes of at least 4 members (excludes halogenated alkanes) is 1. The second-order valence-corrected chi connectivity index (χ2v) is 3.96. The lowest BCUT2D eigenvalue weighted by atomic mass is 10.3. The van der Waals surface area contributed by atoms with E-state index in [9.17, 15) is 0 Å². The molecular formula is C18H47N3. The van der Waals surface area contributed by atoms with Crippen LogP contribution in [0.1, 0.15) is 81.1 Å². The average molecular weight is 306 g/mol. The molecule has 0 fully saturated rings. The molecule has 0 spiro atoms. The van der Waals surface area contributed by atoms with Crippen molar-refractivity contribution in [2.45, 2.75) is 81.1 Å². The van der Waals surface area contributed by atoms with Crippen LogP contribution < -0.4 is 16.0 Å². The lowest BCUT2D eigenvalue weighted by molar-refractivity contribution is 0.564. The van der Waals surface area contributed by atoms with Gasteiger partial charge in [0.15, 0.2) is 0 Å². The fourth-order valence-electron chi connectivity index (χ4n) is 1.37. The second-order valence-electron chi connectivity index (χ2n) is 3.96. The summed E-state index contributed by atoms with van der Waals surface area (Å²) in [6, 6.07) is 0. The molecule has 0 radical (unpaired) electrons. The standard InChI is InChI=1S/C12H29N3.3C2H6/c1-3-5-8-14-9-6-10-15-12-11-13-7-4-2;3*1-2/h13-15H,3-12H2,1-2H3;3*1-2H3. The van der Waals surface area contributed by atoms with E-state index in [-0.39, 0.29) is 0 Å². The van der Waals surface area contributed by atoms with Crippen LogP contribution in [0.3, 0.4) is 0 Å². The topological polar surface area (TPSA) is 36.1 Å². The van der Waals surface area contributed by atoms with Crippen LogP contribution in [0.5, 0.6) is 0 Å². The van der Waals surface area contributed by atoms with Crippen LogP contribution in [0.4, 0.5) is 0 Å². The summed E-state index contributed by atoms with van der Waals surface area (Å²) in [7, 11) is 0. The van der Waals surface area contributed by atoms with Crippen LogP contribution >= 0.6 is 0 Å². The Hall–Kier alpha value is -0.120. The number of hydrogen-bond donors (Lipinski definition) is 3. The van der Waals surface area contributed by atoms with Crippen molar-refractivity contribution in [3.8, 4) is 0 Å². The van der Waals surface area contributed by atoms with Crippen molar-refractivity contribution in [3.63, 3.8) is 0 Å². The van der Waals surface area contributed by atoms with Gasteiger partial charge in [-0.3, -0.25) is 0 Å². The molecule has 134 valence electrons. The van der Waals surface area contributed by atoms with E-state index < -0.39 is 0 Å². The Morgan fingerprint density at radius 3 is 1.24 bits per heavy atom. The second kappa shape index (κ2) is 42.7. The van der Waals surface area contributed by atoms with Crippen molar-refractivity contribution in [1.29, 1.82) is 0 Å². The van der Waals surface area contributed by atoms with E-state index in [2.05, 4.69) is 29.8 Å². The maximum absolute atomic E-state index is 3.44. The smallest absolute Gasteiger partial charge is 0.00767 e. The quantitative estimate of drug-likeness (QED) is 0.467. The van der Waals surface area contributed by atoms with Gasteiger partial charge in [-0.05, 0) is 45.4 Å². The monoisotopic (exact) mass is 305 g/mol. The highest BCUT2D eigenvalue weighted by Gasteiger charge is 1.89. The zero-order valence-corrected chi connectivity index (χ0v) is 16.6. The van der Waals surface area contributed by atoms with Crippen molar-refractivity contribution in [2.75, 3.05) is 39.3 Å². The lowest BCUT2D eigenvalue weighted by Crippen LogP contribution is -2.29. The van der Waals surface area contributed by atoms with E-state index in [0.717, 1.165) is 32.7 Å². The molecule has 0 bridgehead atoms. The van der Waals surface area contributed by atoms with Gasteiger partial charge < -0.3 is 16.0 Å². The Kier molecular flexibility index (Phi) is 58.9. The van der Waals surface area contributed by atoms with Gasteiger partial charge in [-0.15, -0.1) is 0 Å². The summed E-state index contributed by atoms with van der Waals surface area (Å²) in [6.45, 7) is 23.2. The van der Waals surface area contributed by atoms with Crippen molar-refractivity contribution in [1.82, 2.24) is 16.0 Å². The summed E-state index contributed by atoms with van der Waals surface area (Å²) in [6.07, 6.45) is 5.04. The fourth-order valence-corrected chi connectivity index (χ4v) is 1.37. The molecule has 0 aliphatic heterocycles. The Morgan fingerprint density at radius 1 is 0.429 bits per heavy atom. The van der Waals surface area contributed by atoms with E-state index in [1.165, 1.54) is 32.2 Å². The molecular weight excluding hydrogens is 258 g/mol. The maximum Gasteiger partial charge on any atom is 0.00767 e. The highest BCUT2D eigenvalue weighted by Crippen LogP contribution is 1.82. The van der Waals surface area contributed by atoms with Crippen LogP contribution in [-0.4, -0.2) is 39.3 Å². The van der Waals surface area contributed by atoms with Crippen molar-refractivity contribution < 1.29 is 0 Å². The minimum Gasteiger partial charge on any atom is -0.317 e. The van der Waals surface area contributed by atoms with Crippen LogP contribution in [0, 0.1) is 0 Å². The molecule has 3 heteroatoms. The van der Waals surface area contributed by atoms with E-state index in [1.807, 2.05) is 41.5 Å². The Bertz CT molecular complexity index is 96.6. The van der Waals surface area contributed by atoms with Gasteiger partial charge in [0.25, 0.3) is 0 Å². The summed E-state index contributed by atoms with van der Waals surface area (Å²) in [5.41, 5.74) is 0. The maximum atomic E-state index is 3.44. The van der Waals surface area contributed by atoms with Gasteiger partial charge in [-0.25, -0.2) is 0 Å². The molecule has 0 rings (SSSR count). The van der Waals surface area contributed by atoms with Gasteiger partial charge in [0, 0.05) is 13.1 Å². The summed E-state index contributed by atoms with van der Waals surface area (Å²) >= 11 is 0. The minimum atomic E-state index is 1.09. The largest absolute Gasteiger partial charge is 0.317 e. The Labute approximate surface area is 137 Å².